The molecule has 3 heterocycles. The summed E-state index contributed by atoms with van der Waals surface area (Å²) in [5.41, 5.74) is 1.52. The van der Waals surface area contributed by atoms with Gasteiger partial charge in [-0.1, -0.05) is 19.1 Å². The first kappa shape index (κ1) is 17.8. The summed E-state index contributed by atoms with van der Waals surface area (Å²) in [6, 6.07) is 8.38. The summed E-state index contributed by atoms with van der Waals surface area (Å²) in [6.07, 6.45) is 4.83. The molecule has 0 amide bonds. The minimum Gasteiger partial charge on any atom is -0.464 e. The van der Waals surface area contributed by atoms with Crippen molar-refractivity contribution in [3.63, 3.8) is 0 Å². The van der Waals surface area contributed by atoms with Gasteiger partial charge in [-0.25, -0.2) is 4.98 Å². The number of thiophene rings is 1. The number of benzene rings is 1. The maximum atomic E-state index is 12.9. The second kappa shape index (κ2) is 7.20. The molecule has 9 heteroatoms. The summed E-state index contributed by atoms with van der Waals surface area (Å²) < 4.78 is 6.51. The molecule has 0 saturated carbocycles. The molecular formula is C19H14N4O4S. The van der Waals surface area contributed by atoms with E-state index >= 15 is 0 Å². The van der Waals surface area contributed by atoms with E-state index in [1.807, 2.05) is 12.3 Å². The summed E-state index contributed by atoms with van der Waals surface area (Å²) in [4.78, 5) is 28.5. The second-order valence-electron chi connectivity index (χ2n) is 5.94. The monoisotopic (exact) mass is 394 g/mol. The first-order valence-corrected chi connectivity index (χ1v) is 9.31. The average molecular weight is 394 g/mol. The number of hydrogen-bond donors (Lipinski definition) is 0. The summed E-state index contributed by atoms with van der Waals surface area (Å²) in [5.74, 6) is 0.581. The number of rotatable bonds is 5. The molecule has 0 aliphatic heterocycles. The van der Waals surface area contributed by atoms with E-state index in [4.69, 9.17) is 4.42 Å². The molecule has 0 saturated heterocycles. The molecule has 0 bridgehead atoms. The lowest BCUT2D eigenvalue weighted by Crippen LogP contribution is -2.16. The molecule has 0 fully saturated rings. The third kappa shape index (κ3) is 3.12. The van der Waals surface area contributed by atoms with Crippen LogP contribution < -0.4 is 5.56 Å². The number of nitro benzene ring substituents is 1. The Kier molecular flexibility index (Phi) is 4.58. The standard InChI is InChI=1S/C19H14N4O4S/c1-2-13-6-5-12(8-15(13)23(25)26)9-21-22-11-20-18-17(19(22)24)14(10-28-18)16-4-3-7-27-16/h3-11H,2H2,1H3/b21-9-. The molecule has 4 rings (SSSR count). The van der Waals surface area contributed by atoms with E-state index in [2.05, 4.69) is 10.1 Å². The highest BCUT2D eigenvalue weighted by Gasteiger charge is 2.15. The zero-order valence-corrected chi connectivity index (χ0v) is 15.5. The normalized spacial score (nSPS) is 11.5. The molecule has 0 radical (unpaired) electrons. The van der Waals surface area contributed by atoms with E-state index in [0.29, 0.717) is 39.1 Å². The van der Waals surface area contributed by atoms with E-state index in [1.54, 1.807) is 30.5 Å². The first-order valence-electron chi connectivity index (χ1n) is 8.43. The van der Waals surface area contributed by atoms with Crippen molar-refractivity contribution in [3.8, 4) is 11.3 Å². The fourth-order valence-electron chi connectivity index (χ4n) is 2.88. The maximum Gasteiger partial charge on any atom is 0.283 e. The molecule has 1 aromatic carbocycles. The van der Waals surface area contributed by atoms with Gasteiger partial charge in [0.2, 0.25) is 0 Å². The van der Waals surface area contributed by atoms with Crippen LogP contribution in [0.1, 0.15) is 18.1 Å². The molecule has 0 N–H and O–H groups in total. The van der Waals surface area contributed by atoms with Crippen molar-refractivity contribution in [3.05, 3.63) is 79.9 Å². The Hall–Kier alpha value is -3.59. The van der Waals surface area contributed by atoms with E-state index < -0.39 is 4.92 Å². The highest BCUT2D eigenvalue weighted by Crippen LogP contribution is 2.30. The fourth-order valence-corrected chi connectivity index (χ4v) is 3.76. The van der Waals surface area contributed by atoms with Crippen LogP contribution in [0.4, 0.5) is 5.69 Å². The third-order valence-corrected chi connectivity index (χ3v) is 5.17. The van der Waals surface area contributed by atoms with Gasteiger partial charge >= 0.3 is 0 Å². The zero-order valence-electron chi connectivity index (χ0n) is 14.7. The predicted octanol–water partition coefficient (Wildman–Crippen LogP) is 4.07. The van der Waals surface area contributed by atoms with Crippen molar-refractivity contribution in [1.82, 2.24) is 9.66 Å². The summed E-state index contributed by atoms with van der Waals surface area (Å²) in [7, 11) is 0. The van der Waals surface area contributed by atoms with Crippen molar-refractivity contribution in [1.29, 1.82) is 0 Å². The highest BCUT2D eigenvalue weighted by molar-refractivity contribution is 7.17. The third-order valence-electron chi connectivity index (χ3n) is 4.28. The van der Waals surface area contributed by atoms with Gasteiger partial charge in [-0.05, 0) is 18.6 Å². The van der Waals surface area contributed by atoms with Gasteiger partial charge in [0.25, 0.3) is 11.2 Å². The van der Waals surface area contributed by atoms with Crippen molar-refractivity contribution >= 4 is 33.5 Å². The van der Waals surface area contributed by atoms with Crippen LogP contribution in [0.15, 0.2) is 62.6 Å². The Morgan fingerprint density at radius 3 is 2.96 bits per heavy atom. The molecule has 140 valence electrons. The van der Waals surface area contributed by atoms with Gasteiger partial charge in [0, 0.05) is 28.1 Å². The van der Waals surface area contributed by atoms with Crippen molar-refractivity contribution in [2.24, 2.45) is 5.10 Å². The molecule has 0 aliphatic carbocycles. The SMILES string of the molecule is CCc1ccc(/C=N\n2cnc3scc(-c4ccco4)c3c2=O)cc1[N+](=O)[O-]. The van der Waals surface area contributed by atoms with Crippen LogP contribution in [0.3, 0.4) is 0 Å². The van der Waals surface area contributed by atoms with Crippen molar-refractivity contribution in [2.75, 3.05) is 0 Å². The van der Waals surface area contributed by atoms with Gasteiger partial charge in [0.05, 0.1) is 22.8 Å². The van der Waals surface area contributed by atoms with Gasteiger partial charge in [0.1, 0.15) is 16.9 Å². The Balaban J connectivity index is 1.75. The largest absolute Gasteiger partial charge is 0.464 e. The molecule has 0 aliphatic rings. The molecular weight excluding hydrogens is 380 g/mol. The quantitative estimate of drug-likeness (QED) is 0.288. The van der Waals surface area contributed by atoms with E-state index in [-0.39, 0.29) is 11.2 Å². The molecule has 0 unspecified atom stereocenters. The lowest BCUT2D eigenvalue weighted by atomic mass is 10.1. The average Bonchev–Trinajstić information content (AvgIpc) is 3.37. The van der Waals surface area contributed by atoms with Gasteiger partial charge in [0.15, 0.2) is 0 Å². The molecule has 28 heavy (non-hydrogen) atoms. The number of aromatic nitrogens is 2. The number of hydrogen-bond acceptors (Lipinski definition) is 7. The van der Waals surface area contributed by atoms with Gasteiger partial charge in [-0.15, -0.1) is 11.3 Å². The Bertz CT molecular complexity index is 1250. The number of nitrogens with zero attached hydrogens (tertiary/aromatic N) is 4. The molecule has 8 nitrogen and oxygen atoms in total. The van der Waals surface area contributed by atoms with Crippen LogP contribution in [-0.2, 0) is 6.42 Å². The van der Waals surface area contributed by atoms with Gasteiger partial charge in [-0.3, -0.25) is 14.9 Å². The summed E-state index contributed by atoms with van der Waals surface area (Å²) in [6.45, 7) is 1.86. The predicted molar refractivity (Wildman–Crippen MR) is 107 cm³/mol. The smallest absolute Gasteiger partial charge is 0.283 e. The van der Waals surface area contributed by atoms with Gasteiger partial charge < -0.3 is 4.42 Å². The lowest BCUT2D eigenvalue weighted by Gasteiger charge is -2.02. The number of aryl methyl sites for hydroxylation is 1. The number of furan rings is 1. The van der Waals surface area contributed by atoms with Crippen molar-refractivity contribution in [2.45, 2.75) is 13.3 Å². The molecule has 4 aromatic rings. The summed E-state index contributed by atoms with van der Waals surface area (Å²) in [5, 5.41) is 17.6. The maximum absolute atomic E-state index is 12.9. The molecule has 3 aromatic heterocycles. The van der Waals surface area contributed by atoms with E-state index in [0.717, 1.165) is 4.68 Å². The van der Waals surface area contributed by atoms with Crippen LogP contribution in [0.25, 0.3) is 21.5 Å². The second-order valence-corrected chi connectivity index (χ2v) is 6.80. The minimum atomic E-state index is -0.420. The first-order chi connectivity index (χ1) is 13.6. The Labute approximate surface area is 162 Å². The molecule has 0 atom stereocenters. The summed E-state index contributed by atoms with van der Waals surface area (Å²) >= 11 is 1.35. The van der Waals surface area contributed by atoms with E-state index in [1.165, 1.54) is 29.9 Å². The minimum absolute atomic E-state index is 0.0327. The van der Waals surface area contributed by atoms with Crippen LogP contribution in [0.2, 0.25) is 0 Å². The topological polar surface area (TPSA) is 104 Å². The van der Waals surface area contributed by atoms with Crippen molar-refractivity contribution < 1.29 is 9.34 Å². The number of fused-ring (bicyclic) bond motifs is 1. The highest BCUT2D eigenvalue weighted by atomic mass is 32.1. The van der Waals surface area contributed by atoms with Crippen LogP contribution in [0, 0.1) is 10.1 Å². The van der Waals surface area contributed by atoms with E-state index in [9.17, 15) is 14.9 Å². The lowest BCUT2D eigenvalue weighted by molar-refractivity contribution is -0.385. The Morgan fingerprint density at radius 2 is 2.25 bits per heavy atom. The van der Waals surface area contributed by atoms with Gasteiger partial charge in [-0.2, -0.15) is 9.78 Å². The fraction of sp³-hybridized carbons (Fsp3) is 0.105. The molecule has 0 spiro atoms. The Morgan fingerprint density at radius 1 is 1.39 bits per heavy atom. The number of nitro groups is 1. The van der Waals surface area contributed by atoms with Crippen LogP contribution >= 0.6 is 11.3 Å². The zero-order chi connectivity index (χ0) is 19.7. The van der Waals surface area contributed by atoms with Crippen LogP contribution in [-0.4, -0.2) is 20.8 Å². The van der Waals surface area contributed by atoms with Crippen LogP contribution in [0.5, 0.6) is 0 Å².